The number of hydrogen-bond acceptors (Lipinski definition) is 6. The molecule has 0 spiro atoms. The molecule has 6 atom stereocenters. The van der Waals surface area contributed by atoms with E-state index in [2.05, 4.69) is 28.9 Å². The highest BCUT2D eigenvalue weighted by Crippen LogP contribution is 2.65. The number of rotatable bonds is 4. The molecule has 2 amide bonds. The van der Waals surface area contributed by atoms with Crippen LogP contribution in [0.2, 0.25) is 0 Å². The number of carbonyl (C=O) groups excluding carboxylic acids is 3. The van der Waals surface area contributed by atoms with E-state index in [4.69, 9.17) is 4.74 Å². The predicted molar refractivity (Wildman–Crippen MR) is 185 cm³/mol. The zero-order chi connectivity index (χ0) is 36.7. The topological polar surface area (TPSA) is 103 Å². The third kappa shape index (κ3) is 6.28. The standard InChI is InChI=1S/C39H45F3N4O5/c1-22-7-11-30-23(19-22)15-18-45(30)32-12-10-29(34(44-32)50-39(40,41)42)43-33(48)28-9-8-26-25-21-46(35(49)51-36(2,3)4)31-20-24(47)13-16-38(31,6)27(25)14-17-37(26,28)5/h7,10-12,15,18-20,25-28H,8-9,13-14,16-17,21H2,1-6H3,(H,43,48)/t25?,26?,27?,28?,37-,38+/m0/s1. The molecule has 3 heterocycles. The molecule has 3 aliphatic carbocycles. The molecule has 1 saturated heterocycles. The average molecular weight is 707 g/mol. The zero-order valence-corrected chi connectivity index (χ0v) is 29.9. The molecule has 1 aromatic carbocycles. The number of hydrogen-bond donors (Lipinski definition) is 1. The summed E-state index contributed by atoms with van der Waals surface area (Å²) in [6.45, 7) is 12.0. The summed E-state index contributed by atoms with van der Waals surface area (Å²) in [6, 6.07) is 10.6. The maximum absolute atomic E-state index is 14.1. The summed E-state index contributed by atoms with van der Waals surface area (Å²) in [7, 11) is 0. The Morgan fingerprint density at radius 1 is 1.00 bits per heavy atom. The van der Waals surface area contributed by atoms with Crippen molar-refractivity contribution in [2.24, 2.45) is 34.5 Å². The predicted octanol–water partition coefficient (Wildman–Crippen LogP) is 8.73. The van der Waals surface area contributed by atoms with Gasteiger partial charge in [-0.2, -0.15) is 4.98 Å². The molecule has 12 heteroatoms. The van der Waals surface area contributed by atoms with Gasteiger partial charge in [0, 0.05) is 47.7 Å². The van der Waals surface area contributed by atoms with Gasteiger partial charge in [-0.05, 0) is 113 Å². The van der Waals surface area contributed by atoms with E-state index in [-0.39, 0.29) is 40.9 Å². The molecule has 272 valence electrons. The maximum atomic E-state index is 14.1. The minimum atomic E-state index is -5.03. The van der Waals surface area contributed by atoms with Crippen molar-refractivity contribution in [2.45, 2.75) is 92.0 Å². The van der Waals surface area contributed by atoms with E-state index in [1.165, 1.54) is 6.07 Å². The molecule has 0 radical (unpaired) electrons. The number of pyridine rings is 1. The number of aryl methyl sites for hydroxylation is 1. The van der Waals surface area contributed by atoms with Gasteiger partial charge in [0.1, 0.15) is 17.1 Å². The second-order valence-electron chi connectivity index (χ2n) is 16.4. The van der Waals surface area contributed by atoms with Gasteiger partial charge in [0.15, 0.2) is 5.78 Å². The molecule has 2 saturated carbocycles. The molecule has 3 aromatic rings. The zero-order valence-electron chi connectivity index (χ0n) is 29.9. The Labute approximate surface area is 295 Å². The van der Waals surface area contributed by atoms with Crippen molar-refractivity contribution in [3.05, 3.63) is 59.9 Å². The maximum Gasteiger partial charge on any atom is 0.574 e. The van der Waals surface area contributed by atoms with Gasteiger partial charge >= 0.3 is 12.5 Å². The molecule has 9 nitrogen and oxygen atoms in total. The van der Waals surface area contributed by atoms with Crippen LogP contribution in [0, 0.1) is 41.4 Å². The van der Waals surface area contributed by atoms with E-state index >= 15 is 0 Å². The van der Waals surface area contributed by atoms with Gasteiger partial charge in [0.25, 0.3) is 0 Å². The van der Waals surface area contributed by atoms with Gasteiger partial charge in [-0.1, -0.05) is 25.5 Å². The van der Waals surface area contributed by atoms with E-state index in [0.29, 0.717) is 25.8 Å². The number of likely N-dealkylation sites (tertiary alicyclic amines) is 1. The third-order valence-corrected chi connectivity index (χ3v) is 12.1. The summed E-state index contributed by atoms with van der Waals surface area (Å²) in [4.78, 5) is 46.3. The minimum Gasteiger partial charge on any atom is -0.443 e. The molecule has 51 heavy (non-hydrogen) atoms. The van der Waals surface area contributed by atoms with Crippen LogP contribution in [0.15, 0.2) is 54.4 Å². The summed E-state index contributed by atoms with van der Waals surface area (Å²) in [5.41, 5.74) is 0.793. The number of amides is 2. The van der Waals surface area contributed by atoms with E-state index in [9.17, 15) is 27.6 Å². The fourth-order valence-corrected chi connectivity index (χ4v) is 9.75. The normalized spacial score (nSPS) is 29.2. The highest BCUT2D eigenvalue weighted by molar-refractivity contribution is 5.95. The monoisotopic (exact) mass is 706 g/mol. The SMILES string of the molecule is Cc1ccc2c(ccn2-c2ccc(NC(=O)C3CCC4C5CN(C(=O)OC(C)(C)C)C6=CC(=O)CC[C@]6(C)C5CC[C@]34C)c(OC(F)(F)F)n2)c1. The molecule has 1 N–H and O–H groups in total. The minimum absolute atomic E-state index is 0.000853. The fraction of sp³-hybridized carbons (Fsp3) is 0.538. The summed E-state index contributed by atoms with van der Waals surface area (Å²) in [5, 5.41) is 3.68. The average Bonchev–Trinajstić information content (AvgIpc) is 3.61. The second kappa shape index (κ2) is 12.1. The van der Waals surface area contributed by atoms with Crippen LogP contribution in [0.25, 0.3) is 16.7 Å². The summed E-state index contributed by atoms with van der Waals surface area (Å²) < 4.78 is 52.9. The van der Waals surface area contributed by atoms with E-state index < -0.39 is 40.7 Å². The van der Waals surface area contributed by atoms with Gasteiger partial charge in [-0.3, -0.25) is 14.5 Å². The first kappa shape index (κ1) is 35.1. The molecule has 3 fully saturated rings. The van der Waals surface area contributed by atoms with Crippen LogP contribution in [0.1, 0.15) is 78.7 Å². The molecule has 2 aromatic heterocycles. The number of halogens is 3. The number of alkyl halides is 3. The Morgan fingerprint density at radius 3 is 2.49 bits per heavy atom. The van der Waals surface area contributed by atoms with Crippen molar-refractivity contribution >= 4 is 34.4 Å². The van der Waals surface area contributed by atoms with Crippen LogP contribution in [0.3, 0.4) is 0 Å². The van der Waals surface area contributed by atoms with Gasteiger partial charge in [-0.15, -0.1) is 13.2 Å². The molecular formula is C39H45F3N4O5. The number of benzene rings is 1. The Hall–Kier alpha value is -4.35. The number of ketones is 1. The second-order valence-corrected chi connectivity index (χ2v) is 16.4. The Kier molecular flexibility index (Phi) is 8.34. The first-order chi connectivity index (χ1) is 23.9. The van der Waals surface area contributed by atoms with Gasteiger partial charge in [-0.25, -0.2) is 4.79 Å². The largest absolute Gasteiger partial charge is 0.574 e. The van der Waals surface area contributed by atoms with E-state index in [0.717, 1.165) is 41.4 Å². The Morgan fingerprint density at radius 2 is 1.76 bits per heavy atom. The molecule has 7 rings (SSSR count). The Balaban J connectivity index is 1.16. The highest BCUT2D eigenvalue weighted by atomic mass is 19.4. The molecular weight excluding hydrogens is 661 g/mol. The lowest BCUT2D eigenvalue weighted by Gasteiger charge is -2.60. The van der Waals surface area contributed by atoms with E-state index in [1.807, 2.05) is 52.0 Å². The number of fused-ring (bicyclic) bond motifs is 6. The number of piperidine rings is 1. The smallest absolute Gasteiger partial charge is 0.443 e. The van der Waals surface area contributed by atoms with Crippen molar-refractivity contribution in [1.82, 2.24) is 14.5 Å². The fourth-order valence-electron chi connectivity index (χ4n) is 9.75. The van der Waals surface area contributed by atoms with Crippen molar-refractivity contribution in [3.63, 3.8) is 0 Å². The molecule has 4 aliphatic rings. The third-order valence-electron chi connectivity index (χ3n) is 12.1. The van der Waals surface area contributed by atoms with Crippen LogP contribution >= 0.6 is 0 Å². The van der Waals surface area contributed by atoms with Crippen molar-refractivity contribution in [1.29, 1.82) is 0 Å². The van der Waals surface area contributed by atoms with Gasteiger partial charge < -0.3 is 19.4 Å². The summed E-state index contributed by atoms with van der Waals surface area (Å²) in [6.07, 6.45) is 1.72. The first-order valence-corrected chi connectivity index (χ1v) is 17.8. The number of anilines is 1. The Bertz CT molecular complexity index is 1950. The number of allylic oxidation sites excluding steroid dienone is 2. The number of nitrogens with one attached hydrogen (secondary N) is 1. The van der Waals surface area contributed by atoms with Crippen LogP contribution in [-0.2, 0) is 14.3 Å². The molecule has 4 unspecified atom stereocenters. The number of aromatic nitrogens is 2. The number of ether oxygens (including phenoxy) is 2. The lowest BCUT2D eigenvalue weighted by atomic mass is 9.49. The molecule has 1 aliphatic heterocycles. The van der Waals surface area contributed by atoms with Crippen molar-refractivity contribution in [2.75, 3.05) is 11.9 Å². The number of nitrogens with zero attached hydrogens (tertiary/aromatic N) is 3. The van der Waals surface area contributed by atoms with Crippen LogP contribution < -0.4 is 10.1 Å². The van der Waals surface area contributed by atoms with Gasteiger partial charge in [0.2, 0.25) is 11.8 Å². The van der Waals surface area contributed by atoms with Crippen molar-refractivity contribution < 1.29 is 37.0 Å². The van der Waals surface area contributed by atoms with Crippen molar-refractivity contribution in [3.8, 4) is 11.7 Å². The van der Waals surface area contributed by atoms with Crippen LogP contribution in [0.5, 0.6) is 5.88 Å². The quantitative estimate of drug-likeness (QED) is 0.291. The summed E-state index contributed by atoms with van der Waals surface area (Å²) in [5.74, 6) is -1.04. The van der Waals surface area contributed by atoms with Crippen LogP contribution in [0.4, 0.5) is 23.7 Å². The lowest BCUT2D eigenvalue weighted by Crippen LogP contribution is -2.59. The highest BCUT2D eigenvalue weighted by Gasteiger charge is 2.62. The number of carbonyl (C=O) groups is 3. The summed E-state index contributed by atoms with van der Waals surface area (Å²) >= 11 is 0. The van der Waals surface area contributed by atoms with Crippen LogP contribution in [-0.4, -0.2) is 50.7 Å². The van der Waals surface area contributed by atoms with Gasteiger partial charge in [0.05, 0.1) is 5.52 Å². The molecule has 0 bridgehead atoms. The van der Waals surface area contributed by atoms with E-state index in [1.54, 1.807) is 27.8 Å². The lowest BCUT2D eigenvalue weighted by molar-refractivity contribution is -0.275. The first-order valence-electron chi connectivity index (χ1n) is 17.8.